The Morgan fingerprint density at radius 3 is 2.04 bits per heavy atom. The summed E-state index contributed by atoms with van der Waals surface area (Å²) >= 11 is 0. The lowest BCUT2D eigenvalue weighted by Gasteiger charge is -2.68. The van der Waals surface area contributed by atoms with E-state index in [0.717, 1.165) is 57.8 Å². The highest BCUT2D eigenvalue weighted by molar-refractivity contribution is 5.88. The Morgan fingerprint density at radius 2 is 1.44 bits per heavy atom. The smallest absolute Gasteiger partial charge is 0.336 e. The van der Waals surface area contributed by atoms with Crippen LogP contribution < -0.4 is 0 Å². The van der Waals surface area contributed by atoms with E-state index < -0.39 is 16.8 Å². The predicted molar refractivity (Wildman–Crippen MR) is 175 cm³/mol. The van der Waals surface area contributed by atoms with E-state index >= 15 is 0 Å². The van der Waals surface area contributed by atoms with Crippen molar-refractivity contribution in [3.05, 3.63) is 36.0 Å². The van der Waals surface area contributed by atoms with E-state index in [4.69, 9.17) is 14.2 Å². The molecule has 0 aromatic rings. The molecule has 6 atom stereocenters. The Hall–Kier alpha value is -1.92. The van der Waals surface area contributed by atoms with Gasteiger partial charge in [0.25, 0.3) is 0 Å². The van der Waals surface area contributed by atoms with Crippen molar-refractivity contribution in [2.45, 2.75) is 136 Å². The average molecular weight is 623 g/mol. The quantitative estimate of drug-likeness (QED) is 0.143. The summed E-state index contributed by atoms with van der Waals surface area (Å²) in [6.45, 7) is 24.8. The molecule has 0 saturated heterocycles. The van der Waals surface area contributed by atoms with Gasteiger partial charge in [-0.1, -0.05) is 31.7 Å². The van der Waals surface area contributed by atoms with Gasteiger partial charge in [-0.15, -0.1) is 0 Å². The third-order valence-electron chi connectivity index (χ3n) is 14.2. The maximum absolute atomic E-state index is 13.5. The van der Waals surface area contributed by atoms with Crippen molar-refractivity contribution < 1.29 is 28.9 Å². The lowest BCUT2D eigenvalue weighted by molar-refractivity contribution is -0.243. The first-order valence-electron chi connectivity index (χ1n) is 17.5. The standard InChI is InChI=1S/C39H58O6/c1-24(2)31(40)44-34(6,7)36(10)13-28-12-30-29(19-36)20-37(30,14-28)23-43-21-25(3)32(41)45-35(8,9)39-17-26-11-27(18-39)16-38(15-26,22-39)33(4,5)42/h19,26-28,30,42H,1,3,11-18,20-23H2,2,4-10H3. The number of aliphatic hydroxyl groups is 1. The van der Waals surface area contributed by atoms with Crippen LogP contribution in [0.3, 0.4) is 0 Å². The Kier molecular flexibility index (Phi) is 7.54. The average Bonchev–Trinajstić information content (AvgIpc) is 3.08. The summed E-state index contributed by atoms with van der Waals surface area (Å²) < 4.78 is 18.6. The molecular weight excluding hydrogens is 564 g/mol. The van der Waals surface area contributed by atoms with Gasteiger partial charge >= 0.3 is 11.9 Å². The molecule has 7 aliphatic carbocycles. The van der Waals surface area contributed by atoms with Gasteiger partial charge in [0.2, 0.25) is 0 Å². The van der Waals surface area contributed by atoms with E-state index in [-0.39, 0.29) is 40.2 Å². The zero-order valence-corrected chi connectivity index (χ0v) is 29.3. The molecule has 0 radical (unpaired) electrons. The molecule has 0 aromatic heterocycles. The third kappa shape index (κ3) is 5.19. The van der Waals surface area contributed by atoms with E-state index in [1.165, 1.54) is 12.0 Å². The number of carbonyl (C=O) groups excluding carboxylic acids is 2. The monoisotopic (exact) mass is 622 g/mol. The van der Waals surface area contributed by atoms with Gasteiger partial charge < -0.3 is 19.3 Å². The van der Waals surface area contributed by atoms with E-state index in [9.17, 15) is 14.7 Å². The molecule has 6 saturated carbocycles. The van der Waals surface area contributed by atoms with Crippen LogP contribution in [-0.4, -0.2) is 47.1 Å². The van der Waals surface area contributed by atoms with Gasteiger partial charge in [0, 0.05) is 21.8 Å². The van der Waals surface area contributed by atoms with Crippen LogP contribution in [0.5, 0.6) is 0 Å². The Morgan fingerprint density at radius 1 is 0.867 bits per heavy atom. The van der Waals surface area contributed by atoms with Crippen molar-refractivity contribution in [3.8, 4) is 0 Å². The molecule has 7 rings (SSSR count). The Bertz CT molecular complexity index is 1310. The minimum absolute atomic E-state index is 0.100. The second-order valence-electron chi connectivity index (χ2n) is 18.5. The summed E-state index contributed by atoms with van der Waals surface area (Å²) in [5, 5.41) is 11.3. The van der Waals surface area contributed by atoms with Gasteiger partial charge in [0.1, 0.15) is 11.2 Å². The van der Waals surface area contributed by atoms with Gasteiger partial charge in [-0.05, 0) is 142 Å². The Balaban J connectivity index is 1.06. The van der Waals surface area contributed by atoms with E-state index in [1.54, 1.807) is 6.92 Å². The van der Waals surface area contributed by atoms with Crippen LogP contribution in [0.1, 0.15) is 120 Å². The van der Waals surface area contributed by atoms with Crippen molar-refractivity contribution in [3.63, 3.8) is 0 Å². The molecule has 6 fully saturated rings. The summed E-state index contributed by atoms with van der Waals surface area (Å²) in [7, 11) is 0. The molecule has 0 spiro atoms. The van der Waals surface area contributed by atoms with Gasteiger partial charge in [-0.25, -0.2) is 9.59 Å². The number of ether oxygens (including phenoxy) is 3. The Labute approximate surface area is 271 Å². The first kappa shape index (κ1) is 33.0. The molecule has 7 aliphatic rings. The fourth-order valence-electron chi connectivity index (χ4n) is 11.5. The molecule has 0 aromatic carbocycles. The molecule has 0 heterocycles. The number of carbonyl (C=O) groups is 2. The van der Waals surface area contributed by atoms with Crippen molar-refractivity contribution in [2.24, 2.45) is 45.3 Å². The van der Waals surface area contributed by atoms with Crippen molar-refractivity contribution in [1.29, 1.82) is 0 Å². The minimum Gasteiger partial charge on any atom is -0.456 e. The second-order valence-corrected chi connectivity index (χ2v) is 18.5. The lowest BCUT2D eigenvalue weighted by Crippen LogP contribution is -2.65. The SMILES string of the molecule is C=C(C)C(=O)OC(C)(C)C1(C)C=C2CC3(COCC(=C)C(=O)OC(C)(C)C45CC6CC(CC(C(C)(C)O)(C6)C4)C5)CC(CC23)C1. The largest absolute Gasteiger partial charge is 0.456 e. The van der Waals surface area contributed by atoms with Gasteiger partial charge in [-0.2, -0.15) is 0 Å². The predicted octanol–water partition coefficient (Wildman–Crippen LogP) is 7.89. The van der Waals surface area contributed by atoms with Crippen LogP contribution in [0.25, 0.3) is 0 Å². The molecule has 45 heavy (non-hydrogen) atoms. The van der Waals surface area contributed by atoms with Crippen LogP contribution in [0.4, 0.5) is 0 Å². The van der Waals surface area contributed by atoms with Crippen molar-refractivity contribution in [1.82, 2.24) is 0 Å². The zero-order chi connectivity index (χ0) is 33.0. The summed E-state index contributed by atoms with van der Waals surface area (Å²) in [4.78, 5) is 25.9. The molecule has 0 aliphatic heterocycles. The molecule has 6 bridgehead atoms. The van der Waals surface area contributed by atoms with Crippen LogP contribution in [0, 0.1) is 45.3 Å². The number of hydrogen-bond donors (Lipinski definition) is 1. The highest BCUT2D eigenvalue weighted by Gasteiger charge is 2.67. The van der Waals surface area contributed by atoms with Crippen molar-refractivity contribution >= 4 is 11.9 Å². The summed E-state index contributed by atoms with van der Waals surface area (Å²) in [5.41, 5.74) is -0.103. The van der Waals surface area contributed by atoms with Crippen LogP contribution in [-0.2, 0) is 23.8 Å². The zero-order valence-electron chi connectivity index (χ0n) is 29.3. The minimum atomic E-state index is -0.743. The molecule has 250 valence electrons. The van der Waals surface area contributed by atoms with Crippen LogP contribution in [0.15, 0.2) is 36.0 Å². The fraction of sp³-hybridized carbons (Fsp3) is 0.795. The molecule has 6 nitrogen and oxygen atoms in total. The maximum atomic E-state index is 13.5. The molecule has 6 unspecified atom stereocenters. The second kappa shape index (κ2) is 10.3. The summed E-state index contributed by atoms with van der Waals surface area (Å²) in [5.74, 6) is 1.51. The lowest BCUT2D eigenvalue weighted by atomic mass is 9.38. The molecular formula is C39H58O6. The summed E-state index contributed by atoms with van der Waals surface area (Å²) in [6, 6.07) is 0. The van der Waals surface area contributed by atoms with Gasteiger partial charge in [0.15, 0.2) is 0 Å². The van der Waals surface area contributed by atoms with Crippen molar-refractivity contribution in [2.75, 3.05) is 13.2 Å². The molecule has 6 heteroatoms. The van der Waals surface area contributed by atoms with Gasteiger partial charge in [0.05, 0.1) is 24.4 Å². The molecule has 0 amide bonds. The maximum Gasteiger partial charge on any atom is 0.336 e. The number of esters is 2. The normalized spacial score (nSPS) is 39.9. The van der Waals surface area contributed by atoms with E-state index in [1.807, 2.05) is 27.7 Å². The van der Waals surface area contributed by atoms with Crippen LogP contribution >= 0.6 is 0 Å². The number of hydrogen-bond acceptors (Lipinski definition) is 6. The molecule has 1 N–H and O–H groups in total. The van der Waals surface area contributed by atoms with E-state index in [0.29, 0.717) is 41.4 Å². The fourth-order valence-corrected chi connectivity index (χ4v) is 11.5. The topological polar surface area (TPSA) is 82.1 Å². The summed E-state index contributed by atoms with van der Waals surface area (Å²) in [6.07, 6.45) is 13.0. The highest BCUT2D eigenvalue weighted by Crippen LogP contribution is 2.71. The third-order valence-corrected chi connectivity index (χ3v) is 14.2. The van der Waals surface area contributed by atoms with Crippen LogP contribution in [0.2, 0.25) is 0 Å². The van der Waals surface area contributed by atoms with Gasteiger partial charge in [-0.3, -0.25) is 0 Å². The number of rotatable bonds is 11. The first-order chi connectivity index (χ1) is 20.6. The number of allylic oxidation sites excluding steroid dienone is 1. The number of fused-ring (bicyclic) bond motifs is 1. The highest BCUT2D eigenvalue weighted by atomic mass is 16.6. The van der Waals surface area contributed by atoms with E-state index in [2.05, 4.69) is 40.0 Å². The first-order valence-corrected chi connectivity index (χ1v) is 17.5.